The fourth-order valence-corrected chi connectivity index (χ4v) is 3.01. The number of aryl methyl sites for hydroxylation is 1. The lowest BCUT2D eigenvalue weighted by molar-refractivity contribution is 0.613. The summed E-state index contributed by atoms with van der Waals surface area (Å²) in [5.74, 6) is 1.30. The molecule has 1 unspecified atom stereocenters. The maximum absolute atomic E-state index is 5.80. The monoisotopic (exact) mass is 264 g/mol. The van der Waals surface area contributed by atoms with Gasteiger partial charge in [0.15, 0.2) is 0 Å². The van der Waals surface area contributed by atoms with Crippen LogP contribution in [0.3, 0.4) is 0 Å². The third-order valence-electron chi connectivity index (χ3n) is 3.21. The van der Waals surface area contributed by atoms with Crippen LogP contribution in [0.5, 0.6) is 0 Å². The number of hydrogen-bond donors (Lipinski definition) is 1. The molecule has 98 valence electrons. The van der Waals surface area contributed by atoms with Crippen LogP contribution in [-0.2, 0) is 0 Å². The summed E-state index contributed by atoms with van der Waals surface area (Å²) in [6, 6.07) is 2.59. The first kappa shape index (κ1) is 13.1. The summed E-state index contributed by atoms with van der Waals surface area (Å²) in [6.07, 6.45) is 2.31. The average Bonchev–Trinajstić information content (AvgIpc) is 2.67. The first-order valence-electron chi connectivity index (χ1n) is 6.29. The molecule has 0 saturated heterocycles. The molecule has 0 bridgehead atoms. The highest BCUT2D eigenvalue weighted by atomic mass is 32.1. The number of nitrogen functional groups attached to an aromatic ring is 1. The van der Waals surface area contributed by atoms with Crippen molar-refractivity contribution in [3.63, 3.8) is 0 Å². The van der Waals surface area contributed by atoms with Gasteiger partial charge >= 0.3 is 0 Å². The molecule has 2 N–H and O–H groups in total. The van der Waals surface area contributed by atoms with Crippen molar-refractivity contribution >= 4 is 33.3 Å². The molecule has 0 saturated carbocycles. The molecule has 0 aliphatic rings. The van der Waals surface area contributed by atoms with E-state index in [2.05, 4.69) is 48.8 Å². The van der Waals surface area contributed by atoms with Gasteiger partial charge in [-0.15, -0.1) is 11.3 Å². The predicted octanol–water partition coefficient (Wildman–Crippen LogP) is 3.21. The zero-order valence-corrected chi connectivity index (χ0v) is 12.2. The molecule has 0 aromatic carbocycles. The Kier molecular flexibility index (Phi) is 3.71. The van der Waals surface area contributed by atoms with E-state index in [4.69, 9.17) is 5.73 Å². The van der Waals surface area contributed by atoms with Crippen LogP contribution < -0.4 is 10.6 Å². The molecule has 18 heavy (non-hydrogen) atoms. The molecule has 0 radical (unpaired) electrons. The van der Waals surface area contributed by atoms with Gasteiger partial charge in [-0.1, -0.05) is 13.3 Å². The van der Waals surface area contributed by atoms with E-state index in [1.807, 2.05) is 0 Å². The number of anilines is 2. The Balaban J connectivity index is 2.48. The molecule has 2 aromatic rings. The fraction of sp³-hybridized carbons (Fsp3) is 0.538. The second kappa shape index (κ2) is 5.10. The summed E-state index contributed by atoms with van der Waals surface area (Å²) in [5, 5.41) is 1.11. The Morgan fingerprint density at radius 1 is 1.44 bits per heavy atom. The number of thiophene rings is 1. The van der Waals surface area contributed by atoms with Crippen molar-refractivity contribution in [2.45, 2.75) is 39.7 Å². The van der Waals surface area contributed by atoms with Crippen molar-refractivity contribution in [3.05, 3.63) is 10.9 Å². The second-order valence-electron chi connectivity index (χ2n) is 4.73. The molecule has 2 heterocycles. The average molecular weight is 264 g/mol. The van der Waals surface area contributed by atoms with E-state index in [0.29, 0.717) is 12.0 Å². The summed E-state index contributed by atoms with van der Waals surface area (Å²) in [6.45, 7) is 6.50. The molecular weight excluding hydrogens is 244 g/mol. The van der Waals surface area contributed by atoms with Crippen LogP contribution in [0.15, 0.2) is 6.07 Å². The van der Waals surface area contributed by atoms with E-state index in [-0.39, 0.29) is 0 Å². The molecular formula is C13H20N4S. The van der Waals surface area contributed by atoms with Crippen molar-refractivity contribution in [1.29, 1.82) is 0 Å². The lowest BCUT2D eigenvalue weighted by atomic mass is 10.1. The summed E-state index contributed by atoms with van der Waals surface area (Å²) >= 11 is 1.67. The molecule has 4 nitrogen and oxygen atoms in total. The van der Waals surface area contributed by atoms with Gasteiger partial charge in [-0.2, -0.15) is 4.98 Å². The van der Waals surface area contributed by atoms with Crippen LogP contribution >= 0.6 is 11.3 Å². The van der Waals surface area contributed by atoms with E-state index >= 15 is 0 Å². The third kappa shape index (κ3) is 2.41. The number of fused-ring (bicyclic) bond motifs is 1. The third-order valence-corrected chi connectivity index (χ3v) is 4.16. The van der Waals surface area contributed by atoms with E-state index in [9.17, 15) is 0 Å². The van der Waals surface area contributed by atoms with E-state index in [1.165, 1.54) is 4.88 Å². The predicted molar refractivity (Wildman–Crippen MR) is 79.3 cm³/mol. The van der Waals surface area contributed by atoms with Crippen LogP contribution in [0.2, 0.25) is 0 Å². The molecule has 0 aliphatic carbocycles. The van der Waals surface area contributed by atoms with Crippen molar-refractivity contribution < 1.29 is 0 Å². The minimum absolute atomic E-state index is 0.356. The van der Waals surface area contributed by atoms with Crippen molar-refractivity contribution in [2.24, 2.45) is 0 Å². The van der Waals surface area contributed by atoms with Gasteiger partial charge in [0.05, 0.1) is 5.39 Å². The highest BCUT2D eigenvalue weighted by Crippen LogP contribution is 2.31. The van der Waals surface area contributed by atoms with Crippen LogP contribution in [-0.4, -0.2) is 23.1 Å². The lowest BCUT2D eigenvalue weighted by Crippen LogP contribution is -2.29. The van der Waals surface area contributed by atoms with Gasteiger partial charge in [-0.3, -0.25) is 0 Å². The van der Waals surface area contributed by atoms with Gasteiger partial charge in [-0.25, -0.2) is 4.98 Å². The zero-order valence-electron chi connectivity index (χ0n) is 11.4. The molecule has 0 aliphatic heterocycles. The van der Waals surface area contributed by atoms with Gasteiger partial charge in [0, 0.05) is 18.0 Å². The standard InChI is InChI=1S/C13H20N4S/c1-5-6-8(2)17(4)11-10-7-9(3)18-12(10)16-13(14)15-11/h7-8H,5-6H2,1-4H3,(H2,14,15,16). The highest BCUT2D eigenvalue weighted by molar-refractivity contribution is 7.18. The summed E-state index contributed by atoms with van der Waals surface area (Å²) < 4.78 is 0. The van der Waals surface area contributed by atoms with E-state index in [1.54, 1.807) is 11.3 Å². The quantitative estimate of drug-likeness (QED) is 0.921. The van der Waals surface area contributed by atoms with Gasteiger partial charge in [0.1, 0.15) is 10.6 Å². The normalized spacial score (nSPS) is 12.9. The van der Waals surface area contributed by atoms with E-state index < -0.39 is 0 Å². The molecule has 0 fully saturated rings. The molecule has 1 atom stereocenters. The molecule has 2 aromatic heterocycles. The van der Waals surface area contributed by atoms with Crippen LogP contribution in [0.1, 0.15) is 31.6 Å². The first-order chi connectivity index (χ1) is 8.52. The summed E-state index contributed by atoms with van der Waals surface area (Å²) in [7, 11) is 2.08. The Morgan fingerprint density at radius 2 is 2.17 bits per heavy atom. The summed E-state index contributed by atoms with van der Waals surface area (Å²) in [4.78, 5) is 13.1. The highest BCUT2D eigenvalue weighted by Gasteiger charge is 2.16. The molecule has 2 rings (SSSR count). The molecule has 5 heteroatoms. The van der Waals surface area contributed by atoms with E-state index in [0.717, 1.165) is 28.9 Å². The Hall–Kier alpha value is -1.36. The van der Waals surface area contributed by atoms with Gasteiger partial charge in [0.25, 0.3) is 0 Å². The molecule has 0 spiro atoms. The van der Waals surface area contributed by atoms with Crippen molar-refractivity contribution in [1.82, 2.24) is 9.97 Å². The number of nitrogens with two attached hydrogens (primary N) is 1. The van der Waals surface area contributed by atoms with Crippen LogP contribution in [0, 0.1) is 6.92 Å². The maximum Gasteiger partial charge on any atom is 0.223 e. The molecule has 0 amide bonds. The number of hydrogen-bond acceptors (Lipinski definition) is 5. The minimum atomic E-state index is 0.356. The van der Waals surface area contributed by atoms with Gasteiger partial charge in [-0.05, 0) is 26.3 Å². The zero-order chi connectivity index (χ0) is 13.3. The lowest BCUT2D eigenvalue weighted by Gasteiger charge is -2.26. The fourth-order valence-electron chi connectivity index (χ4n) is 2.13. The largest absolute Gasteiger partial charge is 0.368 e. The topological polar surface area (TPSA) is 55.0 Å². The van der Waals surface area contributed by atoms with Gasteiger partial charge in [0.2, 0.25) is 5.95 Å². The minimum Gasteiger partial charge on any atom is -0.368 e. The smallest absolute Gasteiger partial charge is 0.223 e. The SMILES string of the molecule is CCCC(C)N(C)c1nc(N)nc2sc(C)cc12. The Labute approximate surface area is 112 Å². The van der Waals surface area contributed by atoms with Crippen LogP contribution in [0.25, 0.3) is 10.2 Å². The maximum atomic E-state index is 5.80. The Morgan fingerprint density at radius 3 is 2.83 bits per heavy atom. The van der Waals surface area contributed by atoms with Crippen molar-refractivity contribution in [3.8, 4) is 0 Å². The Bertz CT molecular complexity index is 549. The number of nitrogens with zero attached hydrogens (tertiary/aromatic N) is 3. The van der Waals surface area contributed by atoms with Crippen LogP contribution in [0.4, 0.5) is 11.8 Å². The number of rotatable bonds is 4. The first-order valence-corrected chi connectivity index (χ1v) is 7.11. The number of aromatic nitrogens is 2. The van der Waals surface area contributed by atoms with Gasteiger partial charge < -0.3 is 10.6 Å². The van der Waals surface area contributed by atoms with Crippen molar-refractivity contribution in [2.75, 3.05) is 17.7 Å². The second-order valence-corrected chi connectivity index (χ2v) is 5.96. The summed E-state index contributed by atoms with van der Waals surface area (Å²) in [5.41, 5.74) is 5.80.